The molecule has 0 saturated carbocycles. The molecule has 0 aliphatic carbocycles. The second-order valence-electron chi connectivity index (χ2n) is 9.60. The minimum Gasteiger partial charge on any atom is -0.359 e. The predicted octanol–water partition coefficient (Wildman–Crippen LogP) is 5.50. The summed E-state index contributed by atoms with van der Waals surface area (Å²) in [6, 6.07) is 18.1. The zero-order valence-corrected chi connectivity index (χ0v) is 19.7. The molecule has 0 atom stereocenters. The van der Waals surface area contributed by atoms with Crippen LogP contribution in [0.5, 0.6) is 0 Å². The van der Waals surface area contributed by atoms with Crippen molar-refractivity contribution >= 4 is 22.8 Å². The van der Waals surface area contributed by atoms with E-state index in [2.05, 4.69) is 50.5 Å². The fourth-order valence-electron chi connectivity index (χ4n) is 3.91. The lowest BCUT2D eigenvalue weighted by atomic mass is 9.93. The number of carbonyl (C=O) groups excluding carboxylic acids is 1. The number of imidazole rings is 1. The van der Waals surface area contributed by atoms with Crippen LogP contribution in [-0.4, -0.2) is 25.2 Å². The number of hydrogen-bond donors (Lipinski definition) is 1. The molecule has 0 aliphatic heterocycles. The van der Waals surface area contributed by atoms with Crippen molar-refractivity contribution in [3.63, 3.8) is 0 Å². The van der Waals surface area contributed by atoms with Gasteiger partial charge >= 0.3 is 0 Å². The SMILES string of the molecule is Cn1ccc(-c2ccc3c(c2)ncn3-c2ccc(CC(=O)Nc3cc(C(C)(C)C)on3)cc2)c1. The van der Waals surface area contributed by atoms with Gasteiger partial charge in [0.2, 0.25) is 5.91 Å². The third-order valence-corrected chi connectivity index (χ3v) is 5.81. The summed E-state index contributed by atoms with van der Waals surface area (Å²) in [5.41, 5.74) is 6.02. The Morgan fingerprint density at radius 1 is 1.03 bits per heavy atom. The van der Waals surface area contributed by atoms with E-state index in [1.807, 2.05) is 69.2 Å². The van der Waals surface area contributed by atoms with Crippen molar-refractivity contribution in [3.8, 4) is 16.8 Å². The summed E-state index contributed by atoms with van der Waals surface area (Å²) >= 11 is 0. The van der Waals surface area contributed by atoms with Crippen molar-refractivity contribution in [1.82, 2.24) is 19.3 Å². The van der Waals surface area contributed by atoms with Crippen LogP contribution >= 0.6 is 0 Å². The van der Waals surface area contributed by atoms with Crippen molar-refractivity contribution in [2.75, 3.05) is 5.32 Å². The van der Waals surface area contributed by atoms with Gasteiger partial charge in [-0.2, -0.15) is 0 Å². The highest BCUT2D eigenvalue weighted by molar-refractivity contribution is 5.91. The van der Waals surface area contributed by atoms with Gasteiger partial charge in [0.25, 0.3) is 0 Å². The number of carbonyl (C=O) groups is 1. The zero-order chi connectivity index (χ0) is 23.9. The molecule has 1 amide bonds. The second-order valence-corrected chi connectivity index (χ2v) is 9.60. The zero-order valence-electron chi connectivity index (χ0n) is 19.7. The lowest BCUT2D eigenvalue weighted by molar-refractivity contribution is -0.115. The summed E-state index contributed by atoms with van der Waals surface area (Å²) in [5.74, 6) is 1.03. The molecule has 0 unspecified atom stereocenters. The van der Waals surface area contributed by atoms with E-state index in [9.17, 15) is 4.79 Å². The van der Waals surface area contributed by atoms with E-state index in [-0.39, 0.29) is 17.7 Å². The quantitative estimate of drug-likeness (QED) is 0.381. The van der Waals surface area contributed by atoms with E-state index in [1.54, 1.807) is 6.07 Å². The molecule has 0 aliphatic rings. The van der Waals surface area contributed by atoms with Crippen LogP contribution in [0.2, 0.25) is 0 Å². The van der Waals surface area contributed by atoms with Gasteiger partial charge in [0.15, 0.2) is 5.82 Å². The van der Waals surface area contributed by atoms with E-state index >= 15 is 0 Å². The van der Waals surface area contributed by atoms with Crippen molar-refractivity contribution < 1.29 is 9.32 Å². The normalized spacial score (nSPS) is 11.8. The second kappa shape index (κ2) is 8.33. The van der Waals surface area contributed by atoms with E-state index in [0.29, 0.717) is 5.82 Å². The summed E-state index contributed by atoms with van der Waals surface area (Å²) in [6.45, 7) is 6.10. The predicted molar refractivity (Wildman–Crippen MR) is 133 cm³/mol. The van der Waals surface area contributed by atoms with E-state index in [4.69, 9.17) is 4.52 Å². The molecule has 5 aromatic rings. The number of nitrogens with zero attached hydrogens (tertiary/aromatic N) is 4. The summed E-state index contributed by atoms with van der Waals surface area (Å²) in [6.07, 6.45) is 6.22. The van der Waals surface area contributed by atoms with Crippen LogP contribution < -0.4 is 5.32 Å². The Kier molecular flexibility index (Phi) is 5.32. The highest BCUT2D eigenvalue weighted by atomic mass is 16.5. The topological polar surface area (TPSA) is 77.9 Å². The first-order chi connectivity index (χ1) is 16.3. The molecule has 0 saturated heterocycles. The molecule has 172 valence electrons. The third-order valence-electron chi connectivity index (χ3n) is 5.81. The fraction of sp³-hybridized carbons (Fsp3) is 0.222. The number of anilines is 1. The molecule has 2 aromatic carbocycles. The number of benzene rings is 2. The van der Waals surface area contributed by atoms with Gasteiger partial charge < -0.3 is 14.4 Å². The number of hydrogen-bond acceptors (Lipinski definition) is 4. The van der Waals surface area contributed by atoms with E-state index < -0.39 is 0 Å². The van der Waals surface area contributed by atoms with Crippen LogP contribution in [-0.2, 0) is 23.7 Å². The average Bonchev–Trinajstić information content (AvgIpc) is 3.53. The highest BCUT2D eigenvalue weighted by Crippen LogP contribution is 2.26. The number of fused-ring (bicyclic) bond motifs is 1. The first-order valence-electron chi connectivity index (χ1n) is 11.2. The van der Waals surface area contributed by atoms with Crippen LogP contribution in [0.1, 0.15) is 32.1 Å². The van der Waals surface area contributed by atoms with Crippen molar-refractivity contribution in [3.05, 3.63) is 84.6 Å². The Balaban J connectivity index is 1.29. The maximum Gasteiger partial charge on any atom is 0.230 e. The van der Waals surface area contributed by atoms with Gasteiger partial charge in [0.05, 0.1) is 17.5 Å². The van der Waals surface area contributed by atoms with Crippen LogP contribution in [0.4, 0.5) is 5.82 Å². The monoisotopic (exact) mass is 453 g/mol. The first kappa shape index (κ1) is 21.7. The fourth-order valence-corrected chi connectivity index (χ4v) is 3.91. The van der Waals surface area contributed by atoms with Crippen LogP contribution in [0, 0.1) is 0 Å². The van der Waals surface area contributed by atoms with Crippen LogP contribution in [0.3, 0.4) is 0 Å². The lowest BCUT2D eigenvalue weighted by Crippen LogP contribution is -2.14. The molecule has 3 aromatic heterocycles. The summed E-state index contributed by atoms with van der Waals surface area (Å²) in [4.78, 5) is 17.1. The molecule has 0 spiro atoms. The number of rotatable bonds is 5. The Bertz CT molecular complexity index is 1470. The maximum atomic E-state index is 12.5. The molecule has 0 radical (unpaired) electrons. The summed E-state index contributed by atoms with van der Waals surface area (Å²) in [7, 11) is 2.02. The van der Waals surface area contributed by atoms with Gasteiger partial charge in [-0.25, -0.2) is 4.98 Å². The Morgan fingerprint density at radius 3 is 2.50 bits per heavy atom. The Labute approximate surface area is 198 Å². The number of amides is 1. The van der Waals surface area contributed by atoms with Crippen molar-refractivity contribution in [2.45, 2.75) is 32.6 Å². The molecule has 34 heavy (non-hydrogen) atoms. The van der Waals surface area contributed by atoms with Gasteiger partial charge in [0, 0.05) is 36.6 Å². The van der Waals surface area contributed by atoms with Crippen LogP contribution in [0.25, 0.3) is 27.8 Å². The van der Waals surface area contributed by atoms with Crippen LogP contribution in [0.15, 0.2) is 77.8 Å². The molecule has 7 heteroatoms. The molecular formula is C27H27N5O2. The Hall–Kier alpha value is -4.13. The number of nitrogens with one attached hydrogen (secondary N) is 1. The van der Waals surface area contributed by atoms with Crippen molar-refractivity contribution in [1.29, 1.82) is 0 Å². The smallest absolute Gasteiger partial charge is 0.230 e. The molecule has 0 fully saturated rings. The molecule has 7 nitrogen and oxygen atoms in total. The van der Waals surface area contributed by atoms with E-state index in [0.717, 1.165) is 33.6 Å². The average molecular weight is 454 g/mol. The minimum atomic E-state index is -0.160. The number of aromatic nitrogens is 4. The van der Waals surface area contributed by atoms with Gasteiger partial charge in [-0.15, -0.1) is 0 Å². The third kappa shape index (κ3) is 4.37. The van der Waals surface area contributed by atoms with Gasteiger partial charge in [0.1, 0.15) is 12.1 Å². The molecule has 5 rings (SSSR count). The largest absolute Gasteiger partial charge is 0.359 e. The Morgan fingerprint density at radius 2 is 1.82 bits per heavy atom. The van der Waals surface area contributed by atoms with Gasteiger partial charge in [-0.1, -0.05) is 44.1 Å². The minimum absolute atomic E-state index is 0.136. The molecule has 3 heterocycles. The standard InChI is InChI=1S/C27H27N5O2/c1-27(2,3)24-15-25(30-34-24)29-26(33)13-18-5-8-21(9-6-18)32-17-28-22-14-19(7-10-23(22)32)20-11-12-31(4)16-20/h5-12,14-17H,13H2,1-4H3,(H,29,30,33). The number of aryl methyl sites for hydroxylation is 1. The lowest BCUT2D eigenvalue weighted by Gasteiger charge is -2.12. The maximum absolute atomic E-state index is 12.5. The summed E-state index contributed by atoms with van der Waals surface area (Å²) < 4.78 is 9.42. The highest BCUT2D eigenvalue weighted by Gasteiger charge is 2.20. The summed E-state index contributed by atoms with van der Waals surface area (Å²) in [5, 5.41) is 6.76. The van der Waals surface area contributed by atoms with E-state index in [1.165, 1.54) is 5.56 Å². The molecular weight excluding hydrogens is 426 g/mol. The van der Waals surface area contributed by atoms with Gasteiger partial charge in [-0.3, -0.25) is 9.36 Å². The molecule has 0 bridgehead atoms. The molecule has 1 N–H and O–H groups in total. The van der Waals surface area contributed by atoms with Crippen molar-refractivity contribution in [2.24, 2.45) is 7.05 Å². The first-order valence-corrected chi connectivity index (χ1v) is 11.2. The van der Waals surface area contributed by atoms with Gasteiger partial charge in [-0.05, 0) is 47.0 Å².